The Hall–Kier alpha value is -3.99. The molecule has 4 aromatic rings. The molecule has 11 heteroatoms. The van der Waals surface area contributed by atoms with E-state index in [0.29, 0.717) is 33.9 Å². The third kappa shape index (κ3) is 4.29. The van der Waals surface area contributed by atoms with E-state index in [9.17, 15) is 23.1 Å². The van der Waals surface area contributed by atoms with Crippen molar-refractivity contribution in [2.24, 2.45) is 0 Å². The summed E-state index contributed by atoms with van der Waals surface area (Å²) >= 11 is 0. The summed E-state index contributed by atoms with van der Waals surface area (Å²) in [4.78, 5) is 21.1. The second-order valence-corrected chi connectivity index (χ2v) is 7.87. The third-order valence-electron chi connectivity index (χ3n) is 5.30. The highest BCUT2D eigenvalue weighted by atomic mass is 19.4. The van der Waals surface area contributed by atoms with E-state index in [-0.39, 0.29) is 11.4 Å². The molecule has 0 spiro atoms. The lowest BCUT2D eigenvalue weighted by molar-refractivity contribution is -0.138. The number of nitrogens with two attached hydrogens (primary N) is 1. The highest BCUT2D eigenvalue weighted by Gasteiger charge is 2.31. The largest absolute Gasteiger partial charge is 0.416 e. The zero-order chi connectivity index (χ0) is 24.8. The van der Waals surface area contributed by atoms with Crippen molar-refractivity contribution in [3.05, 3.63) is 70.7 Å². The van der Waals surface area contributed by atoms with Crippen LogP contribution in [0.5, 0.6) is 0 Å². The zero-order valence-corrected chi connectivity index (χ0v) is 18.5. The number of nitrogens with one attached hydrogen (secondary N) is 1. The van der Waals surface area contributed by atoms with Gasteiger partial charge >= 0.3 is 6.18 Å². The Bertz CT molecular complexity index is 1410. The van der Waals surface area contributed by atoms with Gasteiger partial charge in [0, 0.05) is 5.69 Å². The monoisotopic (exact) mass is 470 g/mol. The molecule has 2 aromatic heterocycles. The molecule has 0 bridgehead atoms. The Labute approximate surface area is 192 Å². The molecule has 0 aliphatic carbocycles. The van der Waals surface area contributed by atoms with E-state index >= 15 is 0 Å². The number of anilines is 2. The molecule has 0 unspecified atom stereocenters. The van der Waals surface area contributed by atoms with Crippen molar-refractivity contribution in [3.8, 4) is 5.69 Å². The Morgan fingerprint density at radius 1 is 1.12 bits per heavy atom. The first-order chi connectivity index (χ1) is 16.0. The van der Waals surface area contributed by atoms with Crippen LogP contribution in [-0.2, 0) is 11.0 Å². The number of benzene rings is 2. The van der Waals surface area contributed by atoms with Crippen molar-refractivity contribution in [3.63, 3.8) is 0 Å². The minimum atomic E-state index is -4.58. The lowest BCUT2D eigenvalue weighted by atomic mass is 10.0. The van der Waals surface area contributed by atoms with Gasteiger partial charge in [0.25, 0.3) is 5.91 Å². The Morgan fingerprint density at radius 3 is 2.53 bits per heavy atom. The van der Waals surface area contributed by atoms with Gasteiger partial charge in [0.15, 0.2) is 11.9 Å². The van der Waals surface area contributed by atoms with Crippen LogP contribution in [0.25, 0.3) is 16.7 Å². The number of carbonyl (C=O) groups excluding carboxylic acids is 1. The number of aromatic nitrogens is 4. The van der Waals surface area contributed by atoms with E-state index in [1.165, 1.54) is 6.07 Å². The van der Waals surface area contributed by atoms with Crippen molar-refractivity contribution >= 4 is 28.4 Å². The van der Waals surface area contributed by atoms with Gasteiger partial charge < -0.3 is 16.2 Å². The van der Waals surface area contributed by atoms with E-state index in [1.807, 2.05) is 6.92 Å². The highest BCUT2D eigenvalue weighted by molar-refractivity contribution is 5.95. The average Bonchev–Trinajstić information content (AvgIpc) is 3.09. The summed E-state index contributed by atoms with van der Waals surface area (Å²) in [6.45, 7) is 5.34. The molecule has 2 aromatic carbocycles. The van der Waals surface area contributed by atoms with Crippen LogP contribution in [0.1, 0.15) is 34.3 Å². The minimum absolute atomic E-state index is 0.162. The van der Waals surface area contributed by atoms with Gasteiger partial charge in [-0.1, -0.05) is 12.1 Å². The number of aliphatic hydroxyl groups is 1. The number of alkyl halides is 3. The molecule has 2 heterocycles. The molecule has 8 nitrogen and oxygen atoms in total. The van der Waals surface area contributed by atoms with Crippen molar-refractivity contribution in [2.45, 2.75) is 33.1 Å². The SMILES string of the molecule is Cc1nc(N)c2c(n1)c(C)nn2-c1ccc(NC(=O)[C@H](O)c2cccc(C(F)(F)F)c2)cc1C. The number of nitrogens with zero attached hydrogens (tertiary/aromatic N) is 4. The molecule has 1 atom stereocenters. The maximum absolute atomic E-state index is 12.9. The van der Waals surface area contributed by atoms with Crippen LogP contribution in [0.2, 0.25) is 0 Å². The molecular weight excluding hydrogens is 449 g/mol. The van der Waals surface area contributed by atoms with E-state index in [4.69, 9.17) is 5.73 Å². The number of hydrogen-bond acceptors (Lipinski definition) is 6. The molecule has 1 amide bonds. The normalized spacial score (nSPS) is 12.7. The number of aliphatic hydroxyl groups excluding tert-OH is 1. The fraction of sp³-hybridized carbons (Fsp3) is 0.217. The second kappa shape index (κ2) is 8.41. The smallest absolute Gasteiger partial charge is 0.382 e. The van der Waals surface area contributed by atoms with Crippen LogP contribution in [0, 0.1) is 20.8 Å². The average molecular weight is 470 g/mol. The number of carbonyl (C=O) groups is 1. The summed E-state index contributed by atoms with van der Waals surface area (Å²) in [5.74, 6) is -0.0502. The predicted molar refractivity (Wildman–Crippen MR) is 120 cm³/mol. The summed E-state index contributed by atoms with van der Waals surface area (Å²) in [6, 6.07) is 8.96. The number of rotatable bonds is 4. The first-order valence-electron chi connectivity index (χ1n) is 10.2. The lowest BCUT2D eigenvalue weighted by Gasteiger charge is -2.15. The molecule has 176 valence electrons. The Balaban J connectivity index is 1.60. The van der Waals surface area contributed by atoms with Crippen molar-refractivity contribution in [1.82, 2.24) is 19.7 Å². The second-order valence-electron chi connectivity index (χ2n) is 7.87. The molecule has 4 N–H and O–H groups in total. The summed E-state index contributed by atoms with van der Waals surface area (Å²) < 4.78 is 40.4. The third-order valence-corrected chi connectivity index (χ3v) is 5.30. The molecule has 0 radical (unpaired) electrons. The summed E-state index contributed by atoms with van der Waals surface area (Å²) in [5, 5.41) is 17.3. The number of amides is 1. The van der Waals surface area contributed by atoms with Gasteiger partial charge in [-0.15, -0.1) is 0 Å². The molecule has 34 heavy (non-hydrogen) atoms. The van der Waals surface area contributed by atoms with E-state index < -0.39 is 23.8 Å². The molecule has 0 saturated carbocycles. The first kappa shape index (κ1) is 23.2. The van der Waals surface area contributed by atoms with Crippen LogP contribution in [-0.4, -0.2) is 30.8 Å². The zero-order valence-electron chi connectivity index (χ0n) is 18.5. The van der Waals surface area contributed by atoms with Crippen LogP contribution in [0.3, 0.4) is 0 Å². The predicted octanol–water partition coefficient (Wildman–Crippen LogP) is 4.01. The molecular formula is C23H21F3N6O2. The van der Waals surface area contributed by atoms with Gasteiger partial charge in [-0.3, -0.25) is 4.79 Å². The van der Waals surface area contributed by atoms with Gasteiger partial charge in [0.1, 0.15) is 16.9 Å². The number of fused-ring (bicyclic) bond motifs is 1. The highest BCUT2D eigenvalue weighted by Crippen LogP contribution is 2.31. The number of hydrogen-bond donors (Lipinski definition) is 3. The van der Waals surface area contributed by atoms with E-state index in [0.717, 1.165) is 23.8 Å². The standard InChI is InChI=1S/C23H21F3N6O2/c1-11-9-16(30-22(34)20(33)14-5-4-6-15(10-14)23(24,25)26)7-8-17(11)32-19-18(12(2)31-32)28-13(3)29-21(19)27/h4-10,20,33H,1-3H3,(H,30,34)(H2,27,28,29)/t20-/m1/s1. The summed E-state index contributed by atoms with van der Waals surface area (Å²) in [5.41, 5.74) is 8.61. The summed E-state index contributed by atoms with van der Waals surface area (Å²) in [7, 11) is 0. The van der Waals surface area contributed by atoms with Crippen LogP contribution in [0.4, 0.5) is 24.7 Å². The summed E-state index contributed by atoms with van der Waals surface area (Å²) in [6.07, 6.45) is -6.36. The molecule has 4 rings (SSSR count). The quantitative estimate of drug-likeness (QED) is 0.415. The Kier molecular flexibility index (Phi) is 5.74. The topological polar surface area (TPSA) is 119 Å². The van der Waals surface area contributed by atoms with Crippen molar-refractivity contribution < 1.29 is 23.1 Å². The van der Waals surface area contributed by atoms with Gasteiger partial charge in [-0.05, 0) is 62.2 Å². The van der Waals surface area contributed by atoms with Gasteiger partial charge in [-0.25, -0.2) is 14.6 Å². The van der Waals surface area contributed by atoms with E-state index in [1.54, 1.807) is 36.7 Å². The van der Waals surface area contributed by atoms with Crippen LogP contribution >= 0.6 is 0 Å². The Morgan fingerprint density at radius 2 is 1.85 bits per heavy atom. The van der Waals surface area contributed by atoms with Crippen LogP contribution < -0.4 is 11.1 Å². The van der Waals surface area contributed by atoms with E-state index in [2.05, 4.69) is 20.4 Å². The van der Waals surface area contributed by atoms with Crippen molar-refractivity contribution in [2.75, 3.05) is 11.1 Å². The fourth-order valence-corrected chi connectivity index (χ4v) is 3.69. The van der Waals surface area contributed by atoms with Gasteiger partial charge in [0.05, 0.1) is 16.9 Å². The molecule has 0 fully saturated rings. The number of nitrogen functional groups attached to an aromatic ring is 1. The van der Waals surface area contributed by atoms with Crippen LogP contribution in [0.15, 0.2) is 42.5 Å². The maximum atomic E-state index is 12.9. The maximum Gasteiger partial charge on any atom is 0.416 e. The van der Waals surface area contributed by atoms with Gasteiger partial charge in [-0.2, -0.15) is 18.3 Å². The first-order valence-corrected chi connectivity index (χ1v) is 10.2. The number of aryl methyl sites for hydroxylation is 3. The number of halogens is 3. The molecule has 0 aliphatic rings. The molecule has 0 saturated heterocycles. The lowest BCUT2D eigenvalue weighted by Crippen LogP contribution is -2.21. The molecule has 0 aliphatic heterocycles. The fourth-order valence-electron chi connectivity index (χ4n) is 3.69. The van der Waals surface area contributed by atoms with Gasteiger partial charge in [0.2, 0.25) is 0 Å². The minimum Gasteiger partial charge on any atom is -0.382 e. The van der Waals surface area contributed by atoms with Crippen molar-refractivity contribution in [1.29, 1.82) is 0 Å².